The van der Waals surface area contributed by atoms with Gasteiger partial charge >= 0.3 is 5.97 Å². The Bertz CT molecular complexity index is 512. The van der Waals surface area contributed by atoms with Crippen molar-refractivity contribution in [3.63, 3.8) is 0 Å². The van der Waals surface area contributed by atoms with Gasteiger partial charge in [0.1, 0.15) is 0 Å². The Labute approximate surface area is 128 Å². The molecular formula is C15H20BrNO3. The van der Waals surface area contributed by atoms with Crippen molar-refractivity contribution in [3.05, 3.63) is 28.2 Å². The van der Waals surface area contributed by atoms with Gasteiger partial charge in [-0.15, -0.1) is 0 Å². The van der Waals surface area contributed by atoms with Gasteiger partial charge < -0.3 is 10.1 Å². The minimum Gasteiger partial charge on any atom is -0.462 e. The lowest BCUT2D eigenvalue weighted by Gasteiger charge is -2.22. The van der Waals surface area contributed by atoms with E-state index in [1.807, 2.05) is 20.8 Å². The Morgan fingerprint density at radius 3 is 2.45 bits per heavy atom. The molecule has 110 valence electrons. The summed E-state index contributed by atoms with van der Waals surface area (Å²) >= 11 is 3.36. The molecule has 0 bridgehead atoms. The minimum atomic E-state index is -0.431. The molecule has 1 amide bonds. The van der Waals surface area contributed by atoms with E-state index in [0.717, 1.165) is 6.42 Å². The van der Waals surface area contributed by atoms with Gasteiger partial charge in [0.2, 0.25) is 5.91 Å². The number of rotatable bonds is 5. The smallest absolute Gasteiger partial charge is 0.338 e. The first-order chi connectivity index (χ1) is 9.31. The van der Waals surface area contributed by atoms with E-state index in [9.17, 15) is 9.59 Å². The lowest BCUT2D eigenvalue weighted by Crippen LogP contribution is -2.30. The second kappa shape index (κ2) is 6.88. The molecule has 0 spiro atoms. The summed E-state index contributed by atoms with van der Waals surface area (Å²) in [6, 6.07) is 4.98. The molecule has 1 rings (SSSR count). The summed E-state index contributed by atoms with van der Waals surface area (Å²) in [5.41, 5.74) is 0.662. The van der Waals surface area contributed by atoms with E-state index in [2.05, 4.69) is 21.2 Å². The average molecular weight is 342 g/mol. The Morgan fingerprint density at radius 2 is 1.95 bits per heavy atom. The number of nitrogens with one attached hydrogen (secondary N) is 1. The highest BCUT2D eigenvalue weighted by atomic mass is 79.9. The number of halogens is 1. The van der Waals surface area contributed by atoms with E-state index in [1.165, 1.54) is 0 Å². The average Bonchev–Trinajstić information content (AvgIpc) is 2.41. The SMILES string of the molecule is CCOC(=O)c1ccc(NC(=O)C(C)(C)CC)c(Br)c1. The fourth-order valence-corrected chi connectivity index (χ4v) is 1.89. The number of hydrogen-bond donors (Lipinski definition) is 1. The van der Waals surface area contributed by atoms with Crippen molar-refractivity contribution in [2.24, 2.45) is 5.41 Å². The van der Waals surface area contributed by atoms with Crippen molar-refractivity contribution < 1.29 is 14.3 Å². The molecule has 0 saturated carbocycles. The molecule has 1 aromatic carbocycles. The number of benzene rings is 1. The van der Waals surface area contributed by atoms with Crippen LogP contribution in [-0.4, -0.2) is 18.5 Å². The van der Waals surface area contributed by atoms with Gasteiger partial charge in [0.15, 0.2) is 0 Å². The molecule has 0 radical (unpaired) electrons. The summed E-state index contributed by atoms with van der Waals surface area (Å²) in [5, 5.41) is 2.86. The van der Waals surface area contributed by atoms with Crippen molar-refractivity contribution in [1.29, 1.82) is 0 Å². The fourth-order valence-electron chi connectivity index (χ4n) is 1.41. The first kappa shape index (κ1) is 16.7. The van der Waals surface area contributed by atoms with Crippen LogP contribution in [0.15, 0.2) is 22.7 Å². The van der Waals surface area contributed by atoms with Crippen LogP contribution >= 0.6 is 15.9 Å². The zero-order chi connectivity index (χ0) is 15.3. The molecule has 0 aliphatic rings. The van der Waals surface area contributed by atoms with Gasteiger partial charge in [-0.05, 0) is 47.5 Å². The van der Waals surface area contributed by atoms with E-state index >= 15 is 0 Å². The predicted molar refractivity (Wildman–Crippen MR) is 82.8 cm³/mol. The van der Waals surface area contributed by atoms with Crippen LogP contribution in [0.3, 0.4) is 0 Å². The lowest BCUT2D eigenvalue weighted by atomic mass is 9.89. The molecule has 20 heavy (non-hydrogen) atoms. The van der Waals surface area contributed by atoms with Crippen LogP contribution in [0, 0.1) is 5.41 Å². The number of carbonyl (C=O) groups is 2. The summed E-state index contributed by atoms with van der Waals surface area (Å²) in [6.45, 7) is 7.85. The molecule has 0 fully saturated rings. The summed E-state index contributed by atoms with van der Waals surface area (Å²) < 4.78 is 5.58. The van der Waals surface area contributed by atoms with Gasteiger partial charge in [-0.25, -0.2) is 4.79 Å². The summed E-state index contributed by atoms with van der Waals surface area (Å²) in [7, 11) is 0. The van der Waals surface area contributed by atoms with E-state index in [1.54, 1.807) is 25.1 Å². The van der Waals surface area contributed by atoms with E-state index in [4.69, 9.17) is 4.74 Å². The number of esters is 1. The van der Waals surface area contributed by atoms with Gasteiger partial charge in [0.25, 0.3) is 0 Å². The Hall–Kier alpha value is -1.36. The van der Waals surface area contributed by atoms with Gasteiger partial charge in [-0.3, -0.25) is 4.79 Å². The second-order valence-corrected chi connectivity index (χ2v) is 5.96. The van der Waals surface area contributed by atoms with Gasteiger partial charge in [0, 0.05) is 9.89 Å². The third-order valence-electron chi connectivity index (χ3n) is 3.23. The maximum Gasteiger partial charge on any atom is 0.338 e. The predicted octanol–water partition coefficient (Wildman–Crippen LogP) is 4.00. The summed E-state index contributed by atoms with van der Waals surface area (Å²) in [4.78, 5) is 23.7. The van der Waals surface area contributed by atoms with Crippen LogP contribution < -0.4 is 5.32 Å². The van der Waals surface area contributed by atoms with Crippen LogP contribution in [0.25, 0.3) is 0 Å². The first-order valence-electron chi connectivity index (χ1n) is 6.60. The molecule has 0 aromatic heterocycles. The molecule has 0 aliphatic heterocycles. The van der Waals surface area contributed by atoms with Crippen LogP contribution in [-0.2, 0) is 9.53 Å². The molecule has 0 atom stereocenters. The topological polar surface area (TPSA) is 55.4 Å². The molecule has 1 aromatic rings. The van der Waals surface area contributed by atoms with Crippen LogP contribution in [0.2, 0.25) is 0 Å². The third-order valence-corrected chi connectivity index (χ3v) is 3.88. The van der Waals surface area contributed by atoms with Gasteiger partial charge in [-0.1, -0.05) is 20.8 Å². The Kier molecular flexibility index (Phi) is 5.74. The van der Waals surface area contributed by atoms with Gasteiger partial charge in [-0.2, -0.15) is 0 Å². The molecule has 0 heterocycles. The van der Waals surface area contributed by atoms with Crippen LogP contribution in [0.1, 0.15) is 44.5 Å². The molecule has 0 aliphatic carbocycles. The van der Waals surface area contributed by atoms with Gasteiger partial charge in [0.05, 0.1) is 17.9 Å². The molecular weight excluding hydrogens is 322 g/mol. The largest absolute Gasteiger partial charge is 0.462 e. The van der Waals surface area contributed by atoms with E-state index < -0.39 is 5.41 Å². The molecule has 1 N–H and O–H groups in total. The zero-order valence-electron chi connectivity index (χ0n) is 12.2. The van der Waals surface area contributed by atoms with E-state index in [0.29, 0.717) is 22.3 Å². The van der Waals surface area contributed by atoms with Crippen molar-refractivity contribution in [2.75, 3.05) is 11.9 Å². The van der Waals surface area contributed by atoms with Crippen LogP contribution in [0.4, 0.5) is 5.69 Å². The Balaban J connectivity index is 2.89. The monoisotopic (exact) mass is 341 g/mol. The summed E-state index contributed by atoms with van der Waals surface area (Å²) in [5.74, 6) is -0.426. The second-order valence-electron chi connectivity index (χ2n) is 5.11. The first-order valence-corrected chi connectivity index (χ1v) is 7.39. The molecule has 4 nitrogen and oxygen atoms in total. The highest BCUT2D eigenvalue weighted by molar-refractivity contribution is 9.10. The number of anilines is 1. The lowest BCUT2D eigenvalue weighted by molar-refractivity contribution is -0.124. The zero-order valence-corrected chi connectivity index (χ0v) is 13.8. The molecule has 0 saturated heterocycles. The summed E-state index contributed by atoms with van der Waals surface area (Å²) in [6.07, 6.45) is 0.747. The number of carbonyl (C=O) groups excluding carboxylic acids is 2. The Morgan fingerprint density at radius 1 is 1.30 bits per heavy atom. The number of amides is 1. The maximum absolute atomic E-state index is 12.1. The highest BCUT2D eigenvalue weighted by Gasteiger charge is 2.25. The normalized spacial score (nSPS) is 11.1. The number of hydrogen-bond acceptors (Lipinski definition) is 3. The quantitative estimate of drug-likeness (QED) is 0.823. The van der Waals surface area contributed by atoms with Crippen molar-refractivity contribution in [2.45, 2.75) is 34.1 Å². The third kappa shape index (κ3) is 4.07. The van der Waals surface area contributed by atoms with Crippen molar-refractivity contribution in [1.82, 2.24) is 0 Å². The highest BCUT2D eigenvalue weighted by Crippen LogP contribution is 2.27. The minimum absolute atomic E-state index is 0.0513. The van der Waals surface area contributed by atoms with Crippen molar-refractivity contribution >= 4 is 33.5 Å². The van der Waals surface area contributed by atoms with Crippen molar-refractivity contribution in [3.8, 4) is 0 Å². The molecule has 0 unspecified atom stereocenters. The molecule has 5 heteroatoms. The van der Waals surface area contributed by atoms with Crippen LogP contribution in [0.5, 0.6) is 0 Å². The standard InChI is InChI=1S/C15H20BrNO3/c1-5-15(3,4)14(19)17-12-8-7-10(9-11(12)16)13(18)20-6-2/h7-9H,5-6H2,1-4H3,(H,17,19). The maximum atomic E-state index is 12.1. The number of ether oxygens (including phenoxy) is 1. The fraction of sp³-hybridized carbons (Fsp3) is 0.467. The van der Waals surface area contributed by atoms with E-state index in [-0.39, 0.29) is 11.9 Å².